The maximum Gasteiger partial charge on any atom is 0.405 e. The van der Waals surface area contributed by atoms with Crippen LogP contribution in [-0.2, 0) is 33.6 Å². The summed E-state index contributed by atoms with van der Waals surface area (Å²) in [6.45, 7) is -0.942. The topological polar surface area (TPSA) is 279 Å². The fourth-order valence-electron chi connectivity index (χ4n) is 3.10. The van der Waals surface area contributed by atoms with Crippen molar-refractivity contribution in [1.29, 1.82) is 0 Å². The zero-order valence-electron chi connectivity index (χ0n) is 15.2. The summed E-state index contributed by atoms with van der Waals surface area (Å²) in [5.41, 5.74) is 0. The van der Waals surface area contributed by atoms with Crippen molar-refractivity contribution in [2.75, 3.05) is 6.61 Å². The van der Waals surface area contributed by atoms with Crippen LogP contribution in [0.3, 0.4) is 0 Å². The highest BCUT2D eigenvalue weighted by Crippen LogP contribution is 2.30. The number of hydrogen-bond acceptors (Lipinski definition) is 13. The van der Waals surface area contributed by atoms with Gasteiger partial charge in [-0.05, 0) is 0 Å². The highest BCUT2D eigenvalue weighted by atomic mass is 32.3. The summed E-state index contributed by atoms with van der Waals surface area (Å²) in [6.07, 6.45) is -20.3. The molecular weight excluding hydrogens is 458 g/mol. The lowest BCUT2D eigenvalue weighted by Gasteiger charge is -2.46. The van der Waals surface area contributed by atoms with E-state index < -0.39 is 90.4 Å². The lowest BCUT2D eigenvalue weighted by Crippen LogP contribution is -2.67. The quantitative estimate of drug-likeness (QED) is 0.154. The number of nitrogens with one attached hydrogen (secondary N) is 1. The van der Waals surface area contributed by atoms with E-state index in [-0.39, 0.29) is 0 Å². The summed E-state index contributed by atoms with van der Waals surface area (Å²) in [5, 5.41) is 69.2. The van der Waals surface area contributed by atoms with Gasteiger partial charge in [-0.2, -0.15) is 8.42 Å². The van der Waals surface area contributed by atoms with Crippen LogP contribution >= 0.6 is 0 Å². The molecule has 180 valence electrons. The normalized spacial score (nSPS) is 41.5. The molecule has 2 aliphatic rings. The van der Waals surface area contributed by atoms with E-state index in [0.717, 1.165) is 0 Å². The maximum atomic E-state index is 11.3. The number of rotatable bonds is 7. The second-order valence-electron chi connectivity index (χ2n) is 6.55. The lowest BCUT2D eigenvalue weighted by atomic mass is 9.95. The Bertz CT molecular complexity index is 761. The number of amides is 1. The predicted octanol–water partition coefficient (Wildman–Crippen LogP) is -5.20. The Hall–Kier alpha value is -1.71. The zero-order chi connectivity index (χ0) is 23.7. The molecule has 2 heterocycles. The minimum Gasteiger partial charge on any atom is -0.479 e. The largest absolute Gasteiger partial charge is 0.479 e. The van der Waals surface area contributed by atoms with Crippen LogP contribution in [0.25, 0.3) is 0 Å². The zero-order valence-corrected chi connectivity index (χ0v) is 16.0. The number of carboxylic acids is 1. The Labute approximate surface area is 173 Å². The SMILES string of the molecule is O=C(O)N[C@H]1C(O)O[C@H](CO)[C@H](O[C@@H]2O[C@H](C(=O)O)[C@@H](O)[C@H](O)[C@H]2OS(=O)(=O)O)[C@@H]1O. The van der Waals surface area contributed by atoms with Crippen molar-refractivity contribution >= 4 is 22.5 Å². The summed E-state index contributed by atoms with van der Waals surface area (Å²) in [6, 6.07) is -1.75. The van der Waals surface area contributed by atoms with Crippen LogP contribution in [0.15, 0.2) is 0 Å². The summed E-state index contributed by atoms with van der Waals surface area (Å²) in [7, 11) is -5.31. The molecule has 0 aromatic rings. The number of carbonyl (C=O) groups is 2. The monoisotopic (exact) mass is 479 g/mol. The number of aliphatic hydroxyl groups excluding tert-OH is 5. The van der Waals surface area contributed by atoms with Crippen molar-refractivity contribution in [3.63, 3.8) is 0 Å². The number of hydrogen-bond donors (Lipinski definition) is 9. The molecule has 18 heteroatoms. The molecule has 0 aliphatic carbocycles. The van der Waals surface area contributed by atoms with Gasteiger partial charge in [0.2, 0.25) is 0 Å². The van der Waals surface area contributed by atoms with Gasteiger partial charge in [-0.15, -0.1) is 0 Å². The number of carboxylic acid groups (broad SMARTS) is 2. The predicted molar refractivity (Wildman–Crippen MR) is 88.5 cm³/mol. The third kappa shape index (κ3) is 5.96. The van der Waals surface area contributed by atoms with Crippen LogP contribution in [0.5, 0.6) is 0 Å². The fraction of sp³-hybridized carbons (Fsp3) is 0.846. The molecule has 2 fully saturated rings. The number of ether oxygens (including phenoxy) is 3. The lowest BCUT2D eigenvalue weighted by molar-refractivity contribution is -0.337. The smallest absolute Gasteiger partial charge is 0.405 e. The molecule has 0 aromatic carbocycles. The van der Waals surface area contributed by atoms with E-state index in [0.29, 0.717) is 0 Å². The van der Waals surface area contributed by atoms with Crippen LogP contribution in [0.2, 0.25) is 0 Å². The van der Waals surface area contributed by atoms with Crippen molar-refractivity contribution in [3.05, 3.63) is 0 Å². The molecule has 0 aromatic heterocycles. The van der Waals surface area contributed by atoms with E-state index in [2.05, 4.69) is 4.18 Å². The Kier molecular flexibility index (Phi) is 8.10. The summed E-state index contributed by atoms with van der Waals surface area (Å²) >= 11 is 0. The molecule has 0 radical (unpaired) electrons. The van der Waals surface area contributed by atoms with Gasteiger partial charge in [0.05, 0.1) is 6.61 Å². The Morgan fingerprint density at radius 3 is 2.06 bits per heavy atom. The van der Waals surface area contributed by atoms with Crippen LogP contribution in [0.4, 0.5) is 4.79 Å². The first-order valence-corrected chi connectivity index (χ1v) is 9.80. The highest BCUT2D eigenvalue weighted by molar-refractivity contribution is 7.80. The number of aliphatic hydroxyl groups is 5. The van der Waals surface area contributed by atoms with E-state index in [1.807, 2.05) is 0 Å². The second-order valence-corrected chi connectivity index (χ2v) is 7.60. The van der Waals surface area contributed by atoms with Gasteiger partial charge in [-0.3, -0.25) is 4.55 Å². The Balaban J connectivity index is 2.35. The molecule has 2 rings (SSSR count). The van der Waals surface area contributed by atoms with Gasteiger partial charge in [0.1, 0.15) is 36.6 Å². The molecule has 10 atom stereocenters. The van der Waals surface area contributed by atoms with Crippen LogP contribution < -0.4 is 5.32 Å². The molecule has 0 spiro atoms. The minimum atomic E-state index is -5.31. The molecular formula is C13H21NO16S. The minimum absolute atomic E-state index is 0.942. The molecule has 17 nitrogen and oxygen atoms in total. The van der Waals surface area contributed by atoms with Gasteiger partial charge in [-0.25, -0.2) is 13.8 Å². The van der Waals surface area contributed by atoms with E-state index >= 15 is 0 Å². The third-order valence-corrected chi connectivity index (χ3v) is 4.94. The maximum absolute atomic E-state index is 11.3. The fourth-order valence-corrected chi connectivity index (χ4v) is 3.58. The van der Waals surface area contributed by atoms with Crippen LogP contribution in [0.1, 0.15) is 0 Å². The Morgan fingerprint density at radius 1 is 0.968 bits per heavy atom. The van der Waals surface area contributed by atoms with Gasteiger partial charge < -0.3 is 55.3 Å². The van der Waals surface area contributed by atoms with Gasteiger partial charge in [0, 0.05) is 0 Å². The van der Waals surface area contributed by atoms with Gasteiger partial charge >= 0.3 is 22.5 Å². The molecule has 2 saturated heterocycles. The first-order valence-electron chi connectivity index (χ1n) is 8.44. The van der Waals surface area contributed by atoms with Crippen molar-refractivity contribution < 1.29 is 76.7 Å². The highest BCUT2D eigenvalue weighted by Gasteiger charge is 2.54. The van der Waals surface area contributed by atoms with Crippen molar-refractivity contribution in [2.24, 2.45) is 0 Å². The molecule has 9 N–H and O–H groups in total. The van der Waals surface area contributed by atoms with Crippen LogP contribution in [-0.4, -0.2) is 129 Å². The summed E-state index contributed by atoms with van der Waals surface area (Å²) in [4.78, 5) is 22.1. The van der Waals surface area contributed by atoms with E-state index in [1.165, 1.54) is 0 Å². The van der Waals surface area contributed by atoms with Gasteiger partial charge in [-0.1, -0.05) is 0 Å². The van der Waals surface area contributed by atoms with Crippen molar-refractivity contribution in [2.45, 2.75) is 61.3 Å². The molecule has 2 aliphatic heterocycles. The van der Waals surface area contributed by atoms with Crippen molar-refractivity contribution in [3.8, 4) is 0 Å². The number of aliphatic carboxylic acids is 1. The first kappa shape index (κ1) is 25.5. The summed E-state index contributed by atoms with van der Waals surface area (Å²) in [5.74, 6) is -1.81. The average molecular weight is 479 g/mol. The van der Waals surface area contributed by atoms with Crippen molar-refractivity contribution in [1.82, 2.24) is 5.32 Å². The molecule has 0 bridgehead atoms. The second kappa shape index (κ2) is 9.83. The van der Waals surface area contributed by atoms with Crippen LogP contribution in [0, 0.1) is 0 Å². The van der Waals surface area contributed by atoms with E-state index in [4.69, 9.17) is 29.0 Å². The molecule has 31 heavy (non-hydrogen) atoms. The van der Waals surface area contributed by atoms with E-state index in [1.54, 1.807) is 5.32 Å². The van der Waals surface area contributed by atoms with Gasteiger partial charge in [0.15, 0.2) is 24.8 Å². The molecule has 1 unspecified atom stereocenters. The first-order chi connectivity index (χ1) is 14.3. The molecule has 0 saturated carbocycles. The van der Waals surface area contributed by atoms with Gasteiger partial charge in [0.25, 0.3) is 0 Å². The third-order valence-electron chi connectivity index (χ3n) is 4.48. The van der Waals surface area contributed by atoms with E-state index in [9.17, 15) is 43.5 Å². The standard InChI is InChI=1S/C13H21NO16S/c15-1-2-7(4(16)3(11(21)27-2)14-13(22)23)28-12-9(30-31(24,25)26)6(18)5(17)8(29-12)10(19)20/h2-9,11-12,14-18,21H,1H2,(H,19,20)(H,22,23)(H,24,25,26)/t2-,3-,4-,5+,6+,7+,8+,9-,11?,12-/m1/s1. The summed E-state index contributed by atoms with van der Waals surface area (Å²) < 4.78 is 50.4. The average Bonchev–Trinajstić information content (AvgIpc) is 2.64. The molecule has 1 amide bonds. The Morgan fingerprint density at radius 2 is 1.58 bits per heavy atom.